The summed E-state index contributed by atoms with van der Waals surface area (Å²) in [5.41, 5.74) is 1.22. The van der Waals surface area contributed by atoms with E-state index in [9.17, 15) is 9.59 Å². The van der Waals surface area contributed by atoms with Crippen molar-refractivity contribution in [1.29, 1.82) is 0 Å². The maximum Gasteiger partial charge on any atom is 0.238 e. The highest BCUT2D eigenvalue weighted by Gasteiger charge is 2.35. The Hall–Kier alpha value is -2.02. The number of amides is 2. The van der Waals surface area contributed by atoms with E-state index in [1.165, 1.54) is 11.8 Å². The van der Waals surface area contributed by atoms with Gasteiger partial charge in [-0.15, -0.1) is 0 Å². The van der Waals surface area contributed by atoms with Crippen LogP contribution in [0, 0.1) is 0 Å². The van der Waals surface area contributed by atoms with E-state index in [-0.39, 0.29) is 18.2 Å². The molecule has 2 amide bonds. The number of aliphatic imine (C=N–C) groups is 1. The van der Waals surface area contributed by atoms with E-state index >= 15 is 0 Å². The third-order valence-corrected chi connectivity index (χ3v) is 5.48. The average Bonchev–Trinajstić information content (AvgIpc) is 2.61. The Kier molecular flexibility index (Phi) is 6.42. The summed E-state index contributed by atoms with van der Waals surface area (Å²) in [7, 11) is 0. The molecule has 3 rings (SSSR count). The standard InChI is InChI=1S/C19H17Cl2N3O2S/c1-2-24-17(25)11-16(27-19(24)23-14-6-4-3-5-7-14)18(26)22-15-9-12(20)8-13(21)10-15/h3-10,16H,2,11H2,1H3,(H,22,26). The number of para-hydroxylation sites is 1. The Morgan fingerprint density at radius 1 is 1.22 bits per heavy atom. The zero-order chi connectivity index (χ0) is 19.4. The number of halogens is 2. The van der Waals surface area contributed by atoms with Crippen LogP contribution >= 0.6 is 35.0 Å². The van der Waals surface area contributed by atoms with Gasteiger partial charge in [0.05, 0.1) is 5.69 Å². The first kappa shape index (κ1) is 19.7. The van der Waals surface area contributed by atoms with E-state index < -0.39 is 5.25 Å². The van der Waals surface area contributed by atoms with Crippen molar-refractivity contribution in [2.75, 3.05) is 11.9 Å². The number of thioether (sulfide) groups is 1. The minimum Gasteiger partial charge on any atom is -0.325 e. The van der Waals surface area contributed by atoms with Crippen molar-refractivity contribution in [3.63, 3.8) is 0 Å². The average molecular weight is 422 g/mol. The van der Waals surface area contributed by atoms with Crippen LogP contribution in [-0.4, -0.2) is 33.7 Å². The van der Waals surface area contributed by atoms with Gasteiger partial charge < -0.3 is 5.32 Å². The molecule has 1 fully saturated rings. The molecular weight excluding hydrogens is 405 g/mol. The maximum atomic E-state index is 12.7. The normalized spacial score (nSPS) is 18.6. The predicted octanol–water partition coefficient (Wildman–Crippen LogP) is 4.97. The van der Waals surface area contributed by atoms with Crippen molar-refractivity contribution in [3.8, 4) is 0 Å². The summed E-state index contributed by atoms with van der Waals surface area (Å²) in [5, 5.41) is 3.56. The molecule has 27 heavy (non-hydrogen) atoms. The van der Waals surface area contributed by atoms with Crippen LogP contribution in [0.1, 0.15) is 13.3 Å². The number of hydrogen-bond acceptors (Lipinski definition) is 4. The first-order valence-electron chi connectivity index (χ1n) is 8.34. The van der Waals surface area contributed by atoms with Gasteiger partial charge in [-0.3, -0.25) is 14.5 Å². The summed E-state index contributed by atoms with van der Waals surface area (Å²) in [6, 6.07) is 14.1. The van der Waals surface area contributed by atoms with Crippen molar-refractivity contribution in [2.24, 2.45) is 4.99 Å². The van der Waals surface area contributed by atoms with E-state index in [0.29, 0.717) is 27.4 Å². The smallest absolute Gasteiger partial charge is 0.238 e. The van der Waals surface area contributed by atoms with Crippen LogP contribution in [0.5, 0.6) is 0 Å². The topological polar surface area (TPSA) is 61.8 Å². The lowest BCUT2D eigenvalue weighted by Crippen LogP contribution is -2.45. The molecule has 0 bridgehead atoms. The van der Waals surface area contributed by atoms with E-state index in [4.69, 9.17) is 23.2 Å². The molecule has 5 nitrogen and oxygen atoms in total. The molecule has 0 aliphatic carbocycles. The predicted molar refractivity (Wildman–Crippen MR) is 112 cm³/mol. The lowest BCUT2D eigenvalue weighted by atomic mass is 10.2. The third kappa shape index (κ3) is 5.03. The number of carbonyl (C=O) groups excluding carboxylic acids is 2. The molecule has 1 unspecified atom stereocenters. The zero-order valence-corrected chi connectivity index (χ0v) is 16.8. The van der Waals surface area contributed by atoms with Crippen molar-refractivity contribution >= 4 is 63.3 Å². The Balaban J connectivity index is 1.80. The minimum atomic E-state index is -0.583. The quantitative estimate of drug-likeness (QED) is 0.757. The first-order valence-corrected chi connectivity index (χ1v) is 9.97. The molecule has 1 aliphatic heterocycles. The molecule has 140 valence electrons. The molecule has 1 atom stereocenters. The summed E-state index contributed by atoms with van der Waals surface area (Å²) in [4.78, 5) is 31.3. The van der Waals surface area contributed by atoms with Gasteiger partial charge in [0.15, 0.2) is 5.17 Å². The number of anilines is 1. The molecule has 0 aromatic heterocycles. The largest absolute Gasteiger partial charge is 0.325 e. The highest BCUT2D eigenvalue weighted by molar-refractivity contribution is 8.15. The summed E-state index contributed by atoms with van der Waals surface area (Å²) < 4.78 is 0. The molecule has 1 saturated heterocycles. The highest BCUT2D eigenvalue weighted by Crippen LogP contribution is 2.30. The molecule has 2 aromatic rings. The molecule has 2 aromatic carbocycles. The fourth-order valence-electron chi connectivity index (χ4n) is 2.61. The number of nitrogens with one attached hydrogen (secondary N) is 1. The summed E-state index contributed by atoms with van der Waals surface area (Å²) >= 11 is 13.2. The molecule has 0 spiro atoms. The molecule has 1 aliphatic rings. The number of rotatable bonds is 4. The number of benzene rings is 2. The van der Waals surface area contributed by atoms with Gasteiger partial charge in [0, 0.05) is 28.7 Å². The number of carbonyl (C=O) groups is 2. The third-order valence-electron chi connectivity index (χ3n) is 3.86. The molecule has 1 N–H and O–H groups in total. The number of nitrogens with zero attached hydrogens (tertiary/aromatic N) is 2. The second-order valence-corrected chi connectivity index (χ2v) is 7.87. The second-order valence-electron chi connectivity index (χ2n) is 5.83. The SMILES string of the molecule is CCN1C(=O)CC(C(=O)Nc2cc(Cl)cc(Cl)c2)SC1=Nc1ccccc1. The lowest BCUT2D eigenvalue weighted by molar-refractivity contribution is -0.129. The Morgan fingerprint density at radius 3 is 2.52 bits per heavy atom. The van der Waals surface area contributed by atoms with Gasteiger partial charge in [-0.05, 0) is 37.3 Å². The van der Waals surface area contributed by atoms with Crippen LogP contribution in [0.2, 0.25) is 10.0 Å². The van der Waals surface area contributed by atoms with Crippen molar-refractivity contribution < 1.29 is 9.59 Å². The molecular formula is C19H17Cl2N3O2S. The molecule has 0 radical (unpaired) electrons. The number of hydrogen-bond donors (Lipinski definition) is 1. The summed E-state index contributed by atoms with van der Waals surface area (Å²) in [6.07, 6.45) is 0.104. The van der Waals surface area contributed by atoms with Gasteiger partial charge >= 0.3 is 0 Å². The van der Waals surface area contributed by atoms with Gasteiger partial charge in [0.25, 0.3) is 0 Å². The monoisotopic (exact) mass is 421 g/mol. The van der Waals surface area contributed by atoms with Crippen LogP contribution in [0.15, 0.2) is 53.5 Å². The van der Waals surface area contributed by atoms with E-state index in [1.54, 1.807) is 23.1 Å². The van der Waals surface area contributed by atoms with Gasteiger partial charge in [-0.2, -0.15) is 0 Å². The van der Waals surface area contributed by atoms with Crippen molar-refractivity contribution in [3.05, 3.63) is 58.6 Å². The van der Waals surface area contributed by atoms with Crippen LogP contribution in [0.3, 0.4) is 0 Å². The fraction of sp³-hybridized carbons (Fsp3) is 0.211. The Bertz CT molecular complexity index is 870. The second kappa shape index (κ2) is 8.78. The van der Waals surface area contributed by atoms with Crippen molar-refractivity contribution in [2.45, 2.75) is 18.6 Å². The van der Waals surface area contributed by atoms with Crippen molar-refractivity contribution in [1.82, 2.24) is 4.90 Å². The maximum absolute atomic E-state index is 12.7. The summed E-state index contributed by atoms with van der Waals surface area (Å²) in [5.74, 6) is -0.418. The minimum absolute atomic E-state index is 0.104. The van der Waals surface area contributed by atoms with Gasteiger partial charge in [-0.1, -0.05) is 53.2 Å². The molecule has 1 heterocycles. The highest BCUT2D eigenvalue weighted by atomic mass is 35.5. The molecule has 8 heteroatoms. The fourth-order valence-corrected chi connectivity index (χ4v) is 4.30. The van der Waals surface area contributed by atoms with Crippen LogP contribution < -0.4 is 5.32 Å². The zero-order valence-electron chi connectivity index (χ0n) is 14.5. The summed E-state index contributed by atoms with van der Waals surface area (Å²) in [6.45, 7) is 2.38. The van der Waals surface area contributed by atoms with Crippen LogP contribution in [-0.2, 0) is 9.59 Å². The van der Waals surface area contributed by atoms with E-state index in [1.807, 2.05) is 37.3 Å². The number of amidine groups is 1. The van der Waals surface area contributed by atoms with Gasteiger partial charge in [-0.25, -0.2) is 4.99 Å². The Labute approximate surface area is 171 Å². The Morgan fingerprint density at radius 2 is 1.89 bits per heavy atom. The lowest BCUT2D eigenvalue weighted by Gasteiger charge is -2.30. The van der Waals surface area contributed by atoms with E-state index in [2.05, 4.69) is 10.3 Å². The molecule has 0 saturated carbocycles. The van der Waals surface area contributed by atoms with Gasteiger partial charge in [0.2, 0.25) is 11.8 Å². The van der Waals surface area contributed by atoms with Crippen LogP contribution in [0.4, 0.5) is 11.4 Å². The first-order chi connectivity index (χ1) is 13.0. The van der Waals surface area contributed by atoms with Crippen LogP contribution in [0.25, 0.3) is 0 Å². The van der Waals surface area contributed by atoms with E-state index in [0.717, 1.165) is 5.69 Å². The van der Waals surface area contributed by atoms with Gasteiger partial charge in [0.1, 0.15) is 5.25 Å².